The second kappa shape index (κ2) is 14.8. The topological polar surface area (TPSA) is 96.0 Å². The highest BCUT2D eigenvalue weighted by atomic mass is 35.5. The number of ether oxygens (including phenoxy) is 1. The molecule has 1 N–H and O–H groups in total. The first-order valence-electron chi connectivity index (χ1n) is 13.4. The van der Waals surface area contributed by atoms with Crippen LogP contribution in [-0.4, -0.2) is 51.9 Å². The number of sulfonamides is 1. The van der Waals surface area contributed by atoms with Crippen molar-refractivity contribution < 1.29 is 22.7 Å². The standard InChI is InChI=1S/C32H30Cl3N3O5S/c1-36-32(40)30(19-22-6-4-3-5-7-22)37(20-23-8-17-28(34)29(35)18-23)31(39)21-38(25-11-9-24(33)10-12-25)44(41,42)27-15-13-26(43-2)14-16-27/h3-18,30H,19-21H2,1-2H3,(H,36,40)/t30-/m1/s1. The third-order valence-electron chi connectivity index (χ3n) is 6.90. The Bertz CT molecular complexity index is 1700. The van der Waals surface area contributed by atoms with Gasteiger partial charge in [-0.1, -0.05) is 71.2 Å². The summed E-state index contributed by atoms with van der Waals surface area (Å²) in [5.74, 6) is -0.564. The summed E-state index contributed by atoms with van der Waals surface area (Å²) < 4.78 is 34.2. The minimum absolute atomic E-state index is 0.0440. The number of halogens is 3. The molecule has 0 saturated heterocycles. The number of rotatable bonds is 12. The van der Waals surface area contributed by atoms with E-state index in [0.717, 1.165) is 9.87 Å². The third kappa shape index (κ3) is 8.04. The van der Waals surface area contributed by atoms with E-state index in [1.807, 2.05) is 30.3 Å². The van der Waals surface area contributed by atoms with Gasteiger partial charge in [-0.25, -0.2) is 8.42 Å². The highest BCUT2D eigenvalue weighted by Crippen LogP contribution is 2.28. The third-order valence-corrected chi connectivity index (χ3v) is 9.67. The predicted octanol–water partition coefficient (Wildman–Crippen LogP) is 6.24. The first-order valence-corrected chi connectivity index (χ1v) is 16.0. The van der Waals surface area contributed by atoms with Gasteiger partial charge in [0.25, 0.3) is 10.0 Å². The molecule has 230 valence electrons. The Balaban J connectivity index is 1.79. The summed E-state index contributed by atoms with van der Waals surface area (Å²) >= 11 is 18.5. The molecular weight excluding hydrogens is 645 g/mol. The van der Waals surface area contributed by atoms with Crippen LogP contribution in [0.15, 0.2) is 102 Å². The summed E-state index contributed by atoms with van der Waals surface area (Å²) in [5.41, 5.74) is 1.63. The lowest BCUT2D eigenvalue weighted by Crippen LogP contribution is -2.53. The summed E-state index contributed by atoms with van der Waals surface area (Å²) in [6.07, 6.45) is 0.180. The van der Waals surface area contributed by atoms with Gasteiger partial charge in [0.2, 0.25) is 11.8 Å². The van der Waals surface area contributed by atoms with E-state index >= 15 is 0 Å². The highest BCUT2D eigenvalue weighted by Gasteiger charge is 2.34. The molecule has 4 aromatic rings. The van der Waals surface area contributed by atoms with Gasteiger partial charge in [-0.05, 0) is 71.8 Å². The average Bonchev–Trinajstić information content (AvgIpc) is 3.03. The molecular formula is C32H30Cl3N3O5S. The molecule has 2 amide bonds. The number of hydrogen-bond acceptors (Lipinski definition) is 5. The maximum atomic E-state index is 14.3. The van der Waals surface area contributed by atoms with E-state index in [1.165, 1.54) is 67.6 Å². The van der Waals surface area contributed by atoms with Crippen molar-refractivity contribution in [1.29, 1.82) is 0 Å². The maximum absolute atomic E-state index is 14.3. The molecule has 44 heavy (non-hydrogen) atoms. The number of likely N-dealkylation sites (N-methyl/N-ethyl adjacent to an activating group) is 1. The number of nitrogens with zero attached hydrogens (tertiary/aromatic N) is 2. The van der Waals surface area contributed by atoms with Gasteiger partial charge in [-0.2, -0.15) is 0 Å². The van der Waals surface area contributed by atoms with Gasteiger partial charge in [0, 0.05) is 25.0 Å². The molecule has 0 aromatic heterocycles. The van der Waals surface area contributed by atoms with Crippen molar-refractivity contribution in [2.24, 2.45) is 0 Å². The fourth-order valence-corrected chi connectivity index (χ4v) is 6.43. The van der Waals surface area contributed by atoms with Crippen LogP contribution >= 0.6 is 34.8 Å². The van der Waals surface area contributed by atoms with E-state index in [-0.39, 0.29) is 28.6 Å². The van der Waals surface area contributed by atoms with Crippen LogP contribution in [-0.2, 0) is 32.6 Å². The summed E-state index contributed by atoms with van der Waals surface area (Å²) in [4.78, 5) is 29.0. The Hall–Kier alpha value is -3.76. The van der Waals surface area contributed by atoms with Crippen molar-refractivity contribution in [3.8, 4) is 5.75 Å². The summed E-state index contributed by atoms with van der Waals surface area (Å²) in [5, 5.41) is 3.65. The Morgan fingerprint density at radius 3 is 2.09 bits per heavy atom. The zero-order valence-electron chi connectivity index (χ0n) is 23.9. The zero-order valence-corrected chi connectivity index (χ0v) is 27.0. The van der Waals surface area contributed by atoms with Crippen molar-refractivity contribution >= 4 is 62.3 Å². The molecule has 0 heterocycles. The van der Waals surface area contributed by atoms with Crippen LogP contribution in [0.5, 0.6) is 5.75 Å². The van der Waals surface area contributed by atoms with E-state index in [9.17, 15) is 18.0 Å². The van der Waals surface area contributed by atoms with Gasteiger partial charge in [-0.3, -0.25) is 13.9 Å². The lowest BCUT2D eigenvalue weighted by molar-refractivity contribution is -0.139. The van der Waals surface area contributed by atoms with E-state index < -0.39 is 34.4 Å². The molecule has 0 radical (unpaired) electrons. The molecule has 0 aliphatic carbocycles. The molecule has 0 aliphatic rings. The number of carbonyl (C=O) groups is 2. The zero-order chi connectivity index (χ0) is 31.9. The van der Waals surface area contributed by atoms with E-state index in [2.05, 4.69) is 5.32 Å². The number of anilines is 1. The lowest BCUT2D eigenvalue weighted by Gasteiger charge is -2.33. The summed E-state index contributed by atoms with van der Waals surface area (Å²) in [7, 11) is -1.31. The number of methoxy groups -OCH3 is 1. The Labute approximate surface area is 272 Å². The van der Waals surface area contributed by atoms with Crippen LogP contribution in [0.2, 0.25) is 15.1 Å². The minimum atomic E-state index is -4.27. The van der Waals surface area contributed by atoms with Gasteiger partial charge in [0.15, 0.2) is 0 Å². The molecule has 0 saturated carbocycles. The van der Waals surface area contributed by atoms with Crippen LogP contribution in [0.25, 0.3) is 0 Å². The van der Waals surface area contributed by atoms with Crippen molar-refractivity contribution in [2.45, 2.75) is 23.9 Å². The van der Waals surface area contributed by atoms with Crippen LogP contribution in [0, 0.1) is 0 Å². The number of benzene rings is 4. The largest absolute Gasteiger partial charge is 0.497 e. The Kier molecular flexibility index (Phi) is 11.2. The quantitative estimate of drug-likeness (QED) is 0.192. The van der Waals surface area contributed by atoms with Crippen LogP contribution in [0.1, 0.15) is 11.1 Å². The van der Waals surface area contributed by atoms with Crippen molar-refractivity contribution in [3.05, 3.63) is 123 Å². The molecule has 0 fully saturated rings. The molecule has 0 bridgehead atoms. The molecule has 4 rings (SSSR count). The molecule has 4 aromatic carbocycles. The fraction of sp³-hybridized carbons (Fsp3) is 0.188. The molecule has 12 heteroatoms. The number of hydrogen-bond donors (Lipinski definition) is 1. The molecule has 0 unspecified atom stereocenters. The fourth-order valence-electron chi connectivity index (χ4n) is 4.57. The summed E-state index contributed by atoms with van der Waals surface area (Å²) in [6.45, 7) is -0.655. The SMILES string of the molecule is CNC(=O)[C@@H](Cc1ccccc1)N(Cc1ccc(Cl)c(Cl)c1)C(=O)CN(c1ccc(Cl)cc1)S(=O)(=O)c1ccc(OC)cc1. The normalized spacial score (nSPS) is 11.8. The van der Waals surface area contributed by atoms with Gasteiger partial charge in [0.05, 0.1) is 27.7 Å². The average molecular weight is 675 g/mol. The van der Waals surface area contributed by atoms with Crippen molar-refractivity contribution in [3.63, 3.8) is 0 Å². The minimum Gasteiger partial charge on any atom is -0.497 e. The number of amides is 2. The van der Waals surface area contributed by atoms with Crippen molar-refractivity contribution in [1.82, 2.24) is 10.2 Å². The smallest absolute Gasteiger partial charge is 0.264 e. The van der Waals surface area contributed by atoms with Crippen LogP contribution in [0.4, 0.5) is 5.69 Å². The predicted molar refractivity (Wildman–Crippen MR) is 174 cm³/mol. The Morgan fingerprint density at radius 2 is 1.50 bits per heavy atom. The van der Waals surface area contributed by atoms with Gasteiger partial charge in [0.1, 0.15) is 18.3 Å². The van der Waals surface area contributed by atoms with Gasteiger partial charge >= 0.3 is 0 Å². The van der Waals surface area contributed by atoms with Gasteiger partial charge < -0.3 is 15.0 Å². The number of nitrogens with one attached hydrogen (secondary N) is 1. The van der Waals surface area contributed by atoms with Crippen LogP contribution in [0.3, 0.4) is 0 Å². The van der Waals surface area contributed by atoms with Gasteiger partial charge in [-0.15, -0.1) is 0 Å². The molecule has 0 spiro atoms. The monoisotopic (exact) mass is 673 g/mol. The second-order valence-corrected chi connectivity index (χ2v) is 12.9. The molecule has 0 aliphatic heterocycles. The molecule has 1 atom stereocenters. The van der Waals surface area contributed by atoms with E-state index in [1.54, 1.807) is 18.2 Å². The Morgan fingerprint density at radius 1 is 0.841 bits per heavy atom. The molecule has 8 nitrogen and oxygen atoms in total. The first kappa shape index (κ1) is 33.1. The second-order valence-electron chi connectivity index (χ2n) is 9.75. The maximum Gasteiger partial charge on any atom is 0.264 e. The lowest BCUT2D eigenvalue weighted by atomic mass is 10.0. The number of carbonyl (C=O) groups excluding carboxylic acids is 2. The van der Waals surface area contributed by atoms with Crippen LogP contribution < -0.4 is 14.4 Å². The van der Waals surface area contributed by atoms with E-state index in [4.69, 9.17) is 39.5 Å². The van der Waals surface area contributed by atoms with E-state index in [0.29, 0.717) is 21.4 Å². The summed E-state index contributed by atoms with van der Waals surface area (Å²) in [6, 6.07) is 25.1. The first-order chi connectivity index (χ1) is 21.0. The van der Waals surface area contributed by atoms with Crippen molar-refractivity contribution in [2.75, 3.05) is 25.0 Å². The highest BCUT2D eigenvalue weighted by molar-refractivity contribution is 7.92.